The number of aliphatic imine (C=N–C) groups is 1. The molecule has 0 saturated carbocycles. The summed E-state index contributed by atoms with van der Waals surface area (Å²) in [6.07, 6.45) is 10.9. The Labute approximate surface area is 80.3 Å². The van der Waals surface area contributed by atoms with E-state index in [1.807, 2.05) is 25.2 Å². The molecule has 0 rings (SSSR count). The third-order valence-corrected chi connectivity index (χ3v) is 1.34. The van der Waals surface area contributed by atoms with Gasteiger partial charge in [0.1, 0.15) is 0 Å². The van der Waals surface area contributed by atoms with E-state index in [2.05, 4.69) is 11.6 Å². The standard InChI is InChI=1S/C11H17NO/c1-4-8-11(2)12-9-6-5-7-10-13-3/h4,6-7,9-10H,1,5,8H2,2-3H3/b9-6-,10-7+,12-11?. The van der Waals surface area contributed by atoms with E-state index in [1.165, 1.54) is 0 Å². The Hall–Kier alpha value is -1.31. The first-order chi connectivity index (χ1) is 6.31. The maximum atomic E-state index is 4.74. The van der Waals surface area contributed by atoms with E-state index in [-0.39, 0.29) is 0 Å². The van der Waals surface area contributed by atoms with E-state index in [1.54, 1.807) is 19.6 Å². The van der Waals surface area contributed by atoms with Crippen LogP contribution in [0.5, 0.6) is 0 Å². The highest BCUT2D eigenvalue weighted by atomic mass is 16.5. The van der Waals surface area contributed by atoms with Gasteiger partial charge < -0.3 is 4.74 Å². The molecule has 0 aliphatic rings. The third-order valence-electron chi connectivity index (χ3n) is 1.34. The number of ether oxygens (including phenoxy) is 1. The van der Waals surface area contributed by atoms with Gasteiger partial charge in [0.15, 0.2) is 0 Å². The van der Waals surface area contributed by atoms with Gasteiger partial charge in [-0.3, -0.25) is 4.99 Å². The summed E-state index contributed by atoms with van der Waals surface area (Å²) >= 11 is 0. The van der Waals surface area contributed by atoms with E-state index in [9.17, 15) is 0 Å². The second kappa shape index (κ2) is 8.78. The zero-order valence-corrected chi connectivity index (χ0v) is 8.36. The smallest absolute Gasteiger partial charge is 0.0787 e. The van der Waals surface area contributed by atoms with Gasteiger partial charge in [-0.15, -0.1) is 6.58 Å². The molecule has 0 heterocycles. The Bertz CT molecular complexity index is 214. The average molecular weight is 179 g/mol. The van der Waals surface area contributed by atoms with Gasteiger partial charge in [0.2, 0.25) is 0 Å². The van der Waals surface area contributed by atoms with Gasteiger partial charge in [-0.05, 0) is 19.4 Å². The van der Waals surface area contributed by atoms with Crippen LogP contribution < -0.4 is 0 Å². The lowest BCUT2D eigenvalue weighted by atomic mass is 10.3. The molecule has 0 aliphatic heterocycles. The zero-order valence-electron chi connectivity index (χ0n) is 8.36. The molecule has 13 heavy (non-hydrogen) atoms. The van der Waals surface area contributed by atoms with Crippen LogP contribution in [0.4, 0.5) is 0 Å². The molecular weight excluding hydrogens is 162 g/mol. The lowest BCUT2D eigenvalue weighted by Crippen LogP contribution is -1.84. The summed E-state index contributed by atoms with van der Waals surface area (Å²) in [5.41, 5.74) is 1.07. The predicted molar refractivity (Wildman–Crippen MR) is 57.8 cm³/mol. The third kappa shape index (κ3) is 8.60. The Morgan fingerprint density at radius 2 is 2.23 bits per heavy atom. The monoisotopic (exact) mass is 179 g/mol. The van der Waals surface area contributed by atoms with Crippen molar-refractivity contribution in [3.8, 4) is 0 Å². The van der Waals surface area contributed by atoms with Crippen LogP contribution >= 0.6 is 0 Å². The maximum absolute atomic E-state index is 4.74. The number of hydrogen-bond donors (Lipinski definition) is 0. The van der Waals surface area contributed by atoms with Gasteiger partial charge in [-0.25, -0.2) is 0 Å². The normalized spacial score (nSPS) is 12.6. The van der Waals surface area contributed by atoms with Gasteiger partial charge in [0.05, 0.1) is 13.4 Å². The molecule has 0 radical (unpaired) electrons. The topological polar surface area (TPSA) is 21.6 Å². The minimum atomic E-state index is 0.845. The van der Waals surface area contributed by atoms with Crippen LogP contribution in [0.3, 0.4) is 0 Å². The van der Waals surface area contributed by atoms with Crippen molar-refractivity contribution in [2.45, 2.75) is 19.8 Å². The second-order valence-corrected chi connectivity index (χ2v) is 2.59. The maximum Gasteiger partial charge on any atom is 0.0787 e. The molecule has 0 atom stereocenters. The summed E-state index contributed by atoms with van der Waals surface area (Å²) in [5, 5.41) is 0. The minimum Gasteiger partial charge on any atom is -0.505 e. The Kier molecular flexibility index (Phi) is 7.90. The van der Waals surface area contributed by atoms with E-state index in [0.29, 0.717) is 0 Å². The van der Waals surface area contributed by atoms with E-state index >= 15 is 0 Å². The highest BCUT2D eigenvalue weighted by Crippen LogP contribution is 1.91. The molecule has 0 fully saturated rings. The first kappa shape index (κ1) is 11.7. The average Bonchev–Trinajstić information content (AvgIpc) is 2.11. The lowest BCUT2D eigenvalue weighted by molar-refractivity contribution is 0.337. The summed E-state index contributed by atoms with van der Waals surface area (Å²) in [6.45, 7) is 5.62. The van der Waals surface area contributed by atoms with Crippen molar-refractivity contribution in [1.82, 2.24) is 0 Å². The molecule has 0 bridgehead atoms. The predicted octanol–water partition coefficient (Wildman–Crippen LogP) is 3.09. The van der Waals surface area contributed by atoms with Crippen LogP contribution in [0.15, 0.2) is 42.3 Å². The number of rotatable bonds is 6. The van der Waals surface area contributed by atoms with Crippen LogP contribution in [0.2, 0.25) is 0 Å². The fraction of sp³-hybridized carbons (Fsp3) is 0.364. The van der Waals surface area contributed by atoms with Crippen molar-refractivity contribution in [1.29, 1.82) is 0 Å². The van der Waals surface area contributed by atoms with E-state index < -0.39 is 0 Å². The molecule has 0 aromatic carbocycles. The van der Waals surface area contributed by atoms with Crippen molar-refractivity contribution < 1.29 is 4.74 Å². The first-order valence-corrected chi connectivity index (χ1v) is 4.28. The van der Waals surface area contributed by atoms with Gasteiger partial charge in [-0.2, -0.15) is 0 Å². The van der Waals surface area contributed by atoms with Gasteiger partial charge in [0, 0.05) is 18.3 Å². The van der Waals surface area contributed by atoms with Crippen LogP contribution in [0.1, 0.15) is 19.8 Å². The highest BCUT2D eigenvalue weighted by molar-refractivity contribution is 5.83. The summed E-state index contributed by atoms with van der Waals surface area (Å²) < 4.78 is 4.74. The zero-order chi connectivity index (χ0) is 9.94. The van der Waals surface area contributed by atoms with Crippen molar-refractivity contribution in [3.63, 3.8) is 0 Å². The van der Waals surface area contributed by atoms with E-state index in [0.717, 1.165) is 18.6 Å². The lowest BCUT2D eigenvalue weighted by Gasteiger charge is -1.89. The van der Waals surface area contributed by atoms with Crippen LogP contribution in [0.25, 0.3) is 0 Å². The van der Waals surface area contributed by atoms with Crippen molar-refractivity contribution in [2.75, 3.05) is 7.11 Å². The molecule has 0 amide bonds. The van der Waals surface area contributed by atoms with Gasteiger partial charge in [0.25, 0.3) is 0 Å². The van der Waals surface area contributed by atoms with E-state index in [4.69, 9.17) is 4.74 Å². The number of hydrogen-bond acceptors (Lipinski definition) is 2. The molecule has 2 heteroatoms. The minimum absolute atomic E-state index is 0.845. The fourth-order valence-corrected chi connectivity index (χ4v) is 0.733. The number of allylic oxidation sites excluding steroid dienone is 3. The summed E-state index contributed by atoms with van der Waals surface area (Å²) in [5.74, 6) is 0. The molecule has 2 nitrogen and oxygen atoms in total. The Morgan fingerprint density at radius 3 is 2.85 bits per heavy atom. The molecule has 0 aromatic rings. The molecule has 0 spiro atoms. The second-order valence-electron chi connectivity index (χ2n) is 2.59. The molecule has 0 unspecified atom stereocenters. The summed E-state index contributed by atoms with van der Waals surface area (Å²) in [4.78, 5) is 4.20. The van der Waals surface area contributed by atoms with Crippen LogP contribution in [-0.2, 0) is 4.74 Å². The first-order valence-electron chi connectivity index (χ1n) is 4.28. The SMILES string of the molecule is C=CCC(C)=N/C=C\C/C=C/OC. The van der Waals surface area contributed by atoms with Crippen LogP contribution in [-0.4, -0.2) is 12.8 Å². The summed E-state index contributed by atoms with van der Waals surface area (Å²) in [7, 11) is 1.63. The molecule has 0 aromatic heterocycles. The quantitative estimate of drug-likeness (QED) is 0.349. The molecule has 0 N–H and O–H groups in total. The highest BCUT2D eigenvalue weighted by Gasteiger charge is 1.81. The van der Waals surface area contributed by atoms with Gasteiger partial charge >= 0.3 is 0 Å². The molecular formula is C11H17NO. The number of methoxy groups -OCH3 is 1. The molecule has 0 aliphatic carbocycles. The van der Waals surface area contributed by atoms with Crippen molar-refractivity contribution >= 4 is 5.71 Å². The van der Waals surface area contributed by atoms with Gasteiger partial charge in [-0.1, -0.05) is 12.2 Å². The Morgan fingerprint density at radius 1 is 1.46 bits per heavy atom. The fourth-order valence-electron chi connectivity index (χ4n) is 0.733. The summed E-state index contributed by atoms with van der Waals surface area (Å²) in [6, 6.07) is 0. The largest absolute Gasteiger partial charge is 0.505 e. The van der Waals surface area contributed by atoms with Crippen molar-refractivity contribution in [2.24, 2.45) is 4.99 Å². The van der Waals surface area contributed by atoms with Crippen molar-refractivity contribution in [3.05, 3.63) is 37.3 Å². The molecule has 0 saturated heterocycles. The van der Waals surface area contributed by atoms with Crippen LogP contribution in [0, 0.1) is 0 Å². The number of nitrogens with zero attached hydrogens (tertiary/aromatic N) is 1. The Balaban J connectivity index is 3.66. The molecule has 72 valence electrons.